The molecular formula is C23H15F3N4O3. The maximum absolute atomic E-state index is 13.2. The number of rotatable bonds is 1. The van der Waals surface area contributed by atoms with Crippen LogP contribution < -0.4 is 10.7 Å². The molecule has 2 aromatic heterocycles. The maximum Gasteiger partial charge on any atom is 0.417 e. The molecule has 4 aromatic rings. The van der Waals surface area contributed by atoms with E-state index in [9.17, 15) is 22.8 Å². The number of aromatic nitrogens is 3. The minimum atomic E-state index is -4.45. The molecule has 3 heterocycles. The molecule has 0 radical (unpaired) electrons. The molecule has 1 atom stereocenters. The largest absolute Gasteiger partial charge is 0.417 e. The number of hydrogen-bond donors (Lipinski definition) is 1. The highest BCUT2D eigenvalue weighted by Crippen LogP contribution is 2.32. The molecule has 1 unspecified atom stereocenters. The molecule has 2 aromatic carbocycles. The first-order chi connectivity index (χ1) is 15.7. The van der Waals surface area contributed by atoms with Gasteiger partial charge < -0.3 is 9.32 Å². The molecule has 1 amide bonds. The van der Waals surface area contributed by atoms with Crippen molar-refractivity contribution in [1.82, 2.24) is 14.8 Å². The Bertz CT molecular complexity index is 1500. The van der Waals surface area contributed by atoms with Gasteiger partial charge in [0.25, 0.3) is 5.91 Å². The van der Waals surface area contributed by atoms with Gasteiger partial charge in [-0.3, -0.25) is 14.5 Å². The van der Waals surface area contributed by atoms with E-state index < -0.39 is 23.4 Å². The van der Waals surface area contributed by atoms with E-state index in [1.54, 1.807) is 22.9 Å². The summed E-state index contributed by atoms with van der Waals surface area (Å²) in [6.45, 7) is 2.12. The molecule has 33 heavy (non-hydrogen) atoms. The van der Waals surface area contributed by atoms with Gasteiger partial charge in [-0.15, -0.1) is 0 Å². The van der Waals surface area contributed by atoms with Crippen LogP contribution in [0.4, 0.5) is 18.9 Å². The quantitative estimate of drug-likeness (QED) is 0.443. The monoisotopic (exact) mass is 452 g/mol. The van der Waals surface area contributed by atoms with E-state index in [2.05, 4.69) is 21.9 Å². The smallest absolute Gasteiger partial charge is 0.408 e. The van der Waals surface area contributed by atoms with Crippen molar-refractivity contribution >= 4 is 22.7 Å². The minimum Gasteiger partial charge on any atom is -0.408 e. The molecule has 10 heteroatoms. The fourth-order valence-corrected chi connectivity index (χ4v) is 3.78. The van der Waals surface area contributed by atoms with Crippen molar-refractivity contribution in [3.8, 4) is 11.8 Å². The fraction of sp³-hybridized carbons (Fsp3) is 0.174. The van der Waals surface area contributed by atoms with Gasteiger partial charge >= 0.3 is 11.9 Å². The minimum absolute atomic E-state index is 0.206. The third-order valence-electron chi connectivity index (χ3n) is 5.37. The lowest BCUT2D eigenvalue weighted by Gasteiger charge is -2.32. The predicted molar refractivity (Wildman–Crippen MR) is 113 cm³/mol. The van der Waals surface area contributed by atoms with Crippen LogP contribution in [0.2, 0.25) is 0 Å². The van der Waals surface area contributed by atoms with Crippen LogP contribution in [-0.4, -0.2) is 27.2 Å². The first-order valence-corrected chi connectivity index (χ1v) is 9.92. The number of nitrogens with one attached hydrogen (secondary N) is 1. The zero-order valence-electron chi connectivity index (χ0n) is 17.1. The Morgan fingerprint density at radius 1 is 1.12 bits per heavy atom. The summed E-state index contributed by atoms with van der Waals surface area (Å²) in [5.41, 5.74) is 1.74. The topological polar surface area (TPSA) is 84.1 Å². The summed E-state index contributed by atoms with van der Waals surface area (Å²) in [6.07, 6.45) is -2.96. The molecule has 166 valence electrons. The number of anilines is 1. The van der Waals surface area contributed by atoms with Gasteiger partial charge in [0.05, 0.1) is 28.9 Å². The number of H-pyrrole nitrogens is 1. The second-order valence-electron chi connectivity index (χ2n) is 7.64. The van der Waals surface area contributed by atoms with Crippen molar-refractivity contribution in [2.45, 2.75) is 19.1 Å². The predicted octanol–water partition coefficient (Wildman–Crippen LogP) is 3.96. The Labute approximate surface area is 184 Å². The number of hydrogen-bond acceptors (Lipinski definition) is 4. The molecule has 5 rings (SSSR count). The number of fused-ring (bicyclic) bond motifs is 2. The van der Waals surface area contributed by atoms with Crippen LogP contribution in [0.25, 0.3) is 11.1 Å². The van der Waals surface area contributed by atoms with E-state index in [-0.39, 0.29) is 18.3 Å². The van der Waals surface area contributed by atoms with Gasteiger partial charge in [0.1, 0.15) is 5.69 Å². The third-order valence-corrected chi connectivity index (χ3v) is 5.37. The van der Waals surface area contributed by atoms with Gasteiger partial charge in [0, 0.05) is 17.8 Å². The normalized spacial score (nSPS) is 15.9. The van der Waals surface area contributed by atoms with Crippen LogP contribution in [0.5, 0.6) is 0 Å². The van der Waals surface area contributed by atoms with E-state index in [0.29, 0.717) is 27.9 Å². The zero-order valence-corrected chi connectivity index (χ0v) is 17.1. The Hall–Kier alpha value is -4.26. The zero-order chi connectivity index (χ0) is 23.3. The molecule has 1 aliphatic heterocycles. The van der Waals surface area contributed by atoms with E-state index >= 15 is 0 Å². The van der Waals surface area contributed by atoms with Crippen molar-refractivity contribution in [3.05, 3.63) is 81.6 Å². The van der Waals surface area contributed by atoms with E-state index in [1.807, 2.05) is 6.92 Å². The van der Waals surface area contributed by atoms with Gasteiger partial charge in [0.15, 0.2) is 5.58 Å². The first-order valence-electron chi connectivity index (χ1n) is 9.92. The second-order valence-corrected chi connectivity index (χ2v) is 7.64. The second kappa shape index (κ2) is 7.41. The van der Waals surface area contributed by atoms with Crippen LogP contribution in [0.3, 0.4) is 0 Å². The van der Waals surface area contributed by atoms with Crippen molar-refractivity contribution < 1.29 is 22.4 Å². The van der Waals surface area contributed by atoms with Crippen LogP contribution in [-0.2, 0) is 6.18 Å². The summed E-state index contributed by atoms with van der Waals surface area (Å²) < 4.78 is 45.2. The average molecular weight is 452 g/mol. The maximum atomic E-state index is 13.2. The summed E-state index contributed by atoms with van der Waals surface area (Å²) in [7, 11) is 0. The van der Waals surface area contributed by atoms with Crippen LogP contribution >= 0.6 is 0 Å². The molecule has 0 aliphatic carbocycles. The van der Waals surface area contributed by atoms with Crippen molar-refractivity contribution in [1.29, 1.82) is 0 Å². The fourth-order valence-electron chi connectivity index (χ4n) is 3.78. The molecule has 0 fully saturated rings. The summed E-state index contributed by atoms with van der Waals surface area (Å²) in [5.74, 6) is 4.93. The summed E-state index contributed by atoms with van der Waals surface area (Å²) in [6, 6.07) is 9.22. The molecular weight excluding hydrogens is 437 g/mol. The average Bonchev–Trinajstić information content (AvgIpc) is 3.37. The number of halogens is 3. The molecule has 0 spiro atoms. The van der Waals surface area contributed by atoms with Gasteiger partial charge in [-0.25, -0.2) is 4.79 Å². The number of carbonyl (C=O) groups excluding carboxylic acids is 1. The molecule has 0 saturated carbocycles. The SMILES string of the molecule is CC1CN(c2ccc(C(F)(F)F)cc2)C(=O)c2c(C#Cc3ccc4oc(=O)[nH]c4c3)cnn21. The number of nitrogens with zero attached hydrogens (tertiary/aromatic N) is 3. The Morgan fingerprint density at radius 2 is 1.88 bits per heavy atom. The van der Waals surface area contributed by atoms with E-state index in [1.165, 1.54) is 23.2 Å². The van der Waals surface area contributed by atoms with Crippen LogP contribution in [0.15, 0.2) is 57.9 Å². The summed E-state index contributed by atoms with van der Waals surface area (Å²) in [4.78, 5) is 28.5. The molecule has 1 aliphatic rings. The Morgan fingerprint density at radius 3 is 2.61 bits per heavy atom. The number of oxazole rings is 1. The highest BCUT2D eigenvalue weighted by Gasteiger charge is 2.34. The van der Waals surface area contributed by atoms with E-state index in [4.69, 9.17) is 4.42 Å². The molecule has 0 saturated heterocycles. The highest BCUT2D eigenvalue weighted by molar-refractivity contribution is 6.07. The van der Waals surface area contributed by atoms with Gasteiger partial charge in [-0.2, -0.15) is 18.3 Å². The van der Waals surface area contributed by atoms with E-state index in [0.717, 1.165) is 12.1 Å². The van der Waals surface area contributed by atoms with Crippen molar-refractivity contribution in [2.24, 2.45) is 0 Å². The molecule has 7 nitrogen and oxygen atoms in total. The number of amides is 1. The van der Waals surface area contributed by atoms with Crippen molar-refractivity contribution in [3.63, 3.8) is 0 Å². The van der Waals surface area contributed by atoms with Crippen LogP contribution in [0.1, 0.15) is 40.1 Å². The lowest BCUT2D eigenvalue weighted by Crippen LogP contribution is -2.43. The molecule has 0 bridgehead atoms. The third kappa shape index (κ3) is 3.67. The number of aromatic amines is 1. The number of benzene rings is 2. The standard InChI is InChI=1S/C23H15F3N4O3/c1-13-12-29(17-7-5-16(6-8-17)23(24,25)26)21(31)20-15(11-27-30(13)20)4-2-14-3-9-19-18(10-14)28-22(32)33-19/h3,5-11,13H,12H2,1H3,(H,28,32). The Balaban J connectivity index is 1.48. The van der Waals surface area contributed by atoms with Crippen molar-refractivity contribution in [2.75, 3.05) is 11.4 Å². The Kier molecular flexibility index (Phi) is 4.63. The lowest BCUT2D eigenvalue weighted by molar-refractivity contribution is -0.137. The summed E-state index contributed by atoms with van der Waals surface area (Å²) in [5, 5.41) is 4.28. The van der Waals surface area contributed by atoms with Gasteiger partial charge in [0.2, 0.25) is 0 Å². The number of alkyl halides is 3. The highest BCUT2D eigenvalue weighted by atomic mass is 19.4. The van der Waals surface area contributed by atoms with Gasteiger partial charge in [-0.1, -0.05) is 11.8 Å². The van der Waals surface area contributed by atoms with Gasteiger partial charge in [-0.05, 0) is 49.4 Å². The lowest BCUT2D eigenvalue weighted by atomic mass is 10.1. The number of carbonyl (C=O) groups is 1. The first kappa shape index (κ1) is 20.6. The molecule has 1 N–H and O–H groups in total. The van der Waals surface area contributed by atoms with Crippen LogP contribution in [0, 0.1) is 11.8 Å². The summed E-state index contributed by atoms with van der Waals surface area (Å²) >= 11 is 0.